The quantitative estimate of drug-likeness (QED) is 0.421. The normalized spacial score (nSPS) is 11.0. The molecule has 0 saturated carbocycles. The fraction of sp³-hybridized carbons (Fsp3) is 0.0588. The molecule has 24 heavy (non-hydrogen) atoms. The smallest absolute Gasteiger partial charge is 0.340 e. The number of tetrazole rings is 1. The SMILES string of the molecule is O=c1oc2ccccc2cc1CSc1nnnn1-c1ccccc1. The Labute approximate surface area is 141 Å². The Morgan fingerprint density at radius 3 is 2.71 bits per heavy atom. The molecule has 4 rings (SSSR count). The fourth-order valence-corrected chi connectivity index (χ4v) is 3.19. The lowest BCUT2D eigenvalue weighted by molar-refractivity contribution is 0.554. The van der Waals surface area contributed by atoms with Gasteiger partial charge in [-0.1, -0.05) is 48.2 Å². The fourth-order valence-electron chi connectivity index (χ4n) is 2.35. The highest BCUT2D eigenvalue weighted by Crippen LogP contribution is 2.22. The van der Waals surface area contributed by atoms with E-state index in [9.17, 15) is 4.79 Å². The minimum Gasteiger partial charge on any atom is -0.423 e. The summed E-state index contributed by atoms with van der Waals surface area (Å²) in [4.78, 5) is 12.1. The molecule has 0 fully saturated rings. The minimum absolute atomic E-state index is 0.333. The van der Waals surface area contributed by atoms with E-state index in [1.165, 1.54) is 11.8 Å². The van der Waals surface area contributed by atoms with E-state index in [1.54, 1.807) is 10.7 Å². The summed E-state index contributed by atoms with van der Waals surface area (Å²) < 4.78 is 7.00. The largest absolute Gasteiger partial charge is 0.423 e. The summed E-state index contributed by atoms with van der Waals surface area (Å²) >= 11 is 1.39. The van der Waals surface area contributed by atoms with Crippen LogP contribution in [0, 0.1) is 0 Å². The third kappa shape index (κ3) is 2.81. The number of nitrogens with zero attached hydrogens (tertiary/aromatic N) is 4. The van der Waals surface area contributed by atoms with Gasteiger partial charge in [0.2, 0.25) is 5.16 Å². The number of aromatic nitrogens is 4. The van der Waals surface area contributed by atoms with Gasteiger partial charge in [0.25, 0.3) is 0 Å². The second kappa shape index (κ2) is 6.29. The molecule has 6 nitrogen and oxygen atoms in total. The van der Waals surface area contributed by atoms with E-state index in [0.717, 1.165) is 11.1 Å². The van der Waals surface area contributed by atoms with Crippen LogP contribution in [-0.4, -0.2) is 20.2 Å². The van der Waals surface area contributed by atoms with Crippen LogP contribution in [0.4, 0.5) is 0 Å². The maximum atomic E-state index is 12.1. The first kappa shape index (κ1) is 14.6. The Balaban J connectivity index is 1.61. The van der Waals surface area contributed by atoms with Crippen molar-refractivity contribution in [1.82, 2.24) is 20.2 Å². The molecule has 0 aliphatic heterocycles. The van der Waals surface area contributed by atoms with Gasteiger partial charge < -0.3 is 4.42 Å². The molecule has 0 aliphatic carbocycles. The van der Waals surface area contributed by atoms with E-state index >= 15 is 0 Å². The third-order valence-electron chi connectivity index (χ3n) is 3.51. The molecule has 0 amide bonds. The zero-order valence-electron chi connectivity index (χ0n) is 12.5. The van der Waals surface area contributed by atoms with Crippen LogP contribution >= 0.6 is 11.8 Å². The maximum absolute atomic E-state index is 12.1. The molecule has 0 unspecified atom stereocenters. The summed E-state index contributed by atoms with van der Waals surface area (Å²) in [7, 11) is 0. The lowest BCUT2D eigenvalue weighted by Gasteiger charge is -2.04. The minimum atomic E-state index is -0.333. The third-order valence-corrected chi connectivity index (χ3v) is 4.48. The van der Waals surface area contributed by atoms with Crippen molar-refractivity contribution < 1.29 is 4.42 Å². The number of hydrogen-bond acceptors (Lipinski definition) is 6. The molecular weight excluding hydrogens is 324 g/mol. The van der Waals surface area contributed by atoms with Crippen molar-refractivity contribution in [3.63, 3.8) is 0 Å². The molecule has 0 saturated heterocycles. The van der Waals surface area contributed by atoms with Crippen LogP contribution in [0.2, 0.25) is 0 Å². The summed E-state index contributed by atoms with van der Waals surface area (Å²) in [6.45, 7) is 0. The summed E-state index contributed by atoms with van der Waals surface area (Å²) in [5.41, 5.74) is 1.71. The molecule has 2 heterocycles. The molecule has 4 aromatic rings. The van der Waals surface area contributed by atoms with Crippen molar-refractivity contribution in [2.75, 3.05) is 0 Å². The number of rotatable bonds is 4. The van der Waals surface area contributed by atoms with Crippen LogP contribution in [0.1, 0.15) is 5.56 Å². The topological polar surface area (TPSA) is 73.8 Å². The number of fused-ring (bicyclic) bond motifs is 1. The van der Waals surface area contributed by atoms with Crippen LogP contribution < -0.4 is 5.63 Å². The Bertz CT molecular complexity index is 1040. The van der Waals surface area contributed by atoms with Gasteiger partial charge in [-0.15, -0.1) is 5.10 Å². The zero-order chi connectivity index (χ0) is 16.4. The lowest BCUT2D eigenvalue weighted by Crippen LogP contribution is -2.06. The van der Waals surface area contributed by atoms with Crippen molar-refractivity contribution in [2.24, 2.45) is 0 Å². The molecule has 2 aromatic carbocycles. The zero-order valence-corrected chi connectivity index (χ0v) is 13.3. The van der Waals surface area contributed by atoms with Crippen LogP contribution in [0.25, 0.3) is 16.7 Å². The maximum Gasteiger partial charge on any atom is 0.340 e. The first-order valence-electron chi connectivity index (χ1n) is 7.29. The van der Waals surface area contributed by atoms with Crippen LogP contribution in [-0.2, 0) is 5.75 Å². The standard InChI is InChI=1S/C17H12N4O2S/c22-16-13(10-12-6-4-5-9-15(12)23-16)11-24-17-18-19-20-21(17)14-7-2-1-3-8-14/h1-10H,11H2. The van der Waals surface area contributed by atoms with Crippen molar-refractivity contribution in [1.29, 1.82) is 0 Å². The second-order valence-corrected chi connectivity index (χ2v) is 6.04. The van der Waals surface area contributed by atoms with Crippen molar-refractivity contribution in [2.45, 2.75) is 10.9 Å². The molecule has 118 valence electrons. The van der Waals surface area contributed by atoms with Gasteiger partial charge in [0.1, 0.15) is 5.58 Å². The van der Waals surface area contributed by atoms with E-state index in [-0.39, 0.29) is 5.63 Å². The number of benzene rings is 2. The van der Waals surface area contributed by atoms with Crippen molar-refractivity contribution >= 4 is 22.7 Å². The van der Waals surface area contributed by atoms with E-state index < -0.39 is 0 Å². The van der Waals surface area contributed by atoms with Gasteiger partial charge in [0.15, 0.2) is 0 Å². The summed E-state index contributed by atoms with van der Waals surface area (Å²) in [6, 6.07) is 18.9. The van der Waals surface area contributed by atoms with E-state index in [2.05, 4.69) is 15.5 Å². The highest BCUT2D eigenvalue weighted by atomic mass is 32.2. The molecule has 0 atom stereocenters. The monoisotopic (exact) mass is 336 g/mol. The van der Waals surface area contributed by atoms with Gasteiger partial charge in [0.05, 0.1) is 5.69 Å². The molecular formula is C17H12N4O2S. The van der Waals surface area contributed by atoms with Gasteiger partial charge in [-0.25, -0.2) is 4.79 Å². The van der Waals surface area contributed by atoms with E-state index in [4.69, 9.17) is 4.42 Å². The second-order valence-electron chi connectivity index (χ2n) is 5.09. The Morgan fingerprint density at radius 1 is 1.04 bits per heavy atom. The highest BCUT2D eigenvalue weighted by molar-refractivity contribution is 7.98. The van der Waals surface area contributed by atoms with Gasteiger partial charge in [-0.3, -0.25) is 0 Å². The number of thioether (sulfide) groups is 1. The summed E-state index contributed by atoms with van der Waals surface area (Å²) in [6.07, 6.45) is 0. The summed E-state index contributed by atoms with van der Waals surface area (Å²) in [5.74, 6) is 0.431. The first-order valence-corrected chi connectivity index (χ1v) is 8.28. The predicted octanol–water partition coefficient (Wildman–Crippen LogP) is 3.06. The average Bonchev–Trinajstić information content (AvgIpc) is 3.09. The van der Waals surface area contributed by atoms with E-state index in [1.807, 2.05) is 54.6 Å². The highest BCUT2D eigenvalue weighted by Gasteiger charge is 2.11. The Hall–Kier alpha value is -2.93. The van der Waals surface area contributed by atoms with E-state index in [0.29, 0.717) is 22.1 Å². The molecule has 0 aliphatic rings. The molecule has 0 radical (unpaired) electrons. The molecule has 0 N–H and O–H groups in total. The summed E-state index contributed by atoms with van der Waals surface area (Å²) in [5, 5.41) is 13.3. The molecule has 0 bridgehead atoms. The number of para-hydroxylation sites is 2. The Morgan fingerprint density at radius 2 is 1.83 bits per heavy atom. The number of hydrogen-bond donors (Lipinski definition) is 0. The average molecular weight is 336 g/mol. The van der Waals surface area contributed by atoms with Crippen LogP contribution in [0.3, 0.4) is 0 Å². The van der Waals surface area contributed by atoms with Crippen molar-refractivity contribution in [3.8, 4) is 5.69 Å². The van der Waals surface area contributed by atoms with Crippen molar-refractivity contribution in [3.05, 3.63) is 76.6 Å². The van der Waals surface area contributed by atoms with Gasteiger partial charge in [0, 0.05) is 16.7 Å². The molecule has 2 aromatic heterocycles. The van der Waals surface area contributed by atoms with Gasteiger partial charge in [-0.05, 0) is 34.7 Å². The van der Waals surface area contributed by atoms with Crippen LogP contribution in [0.5, 0.6) is 0 Å². The predicted molar refractivity (Wildman–Crippen MR) is 91.2 cm³/mol. The van der Waals surface area contributed by atoms with Gasteiger partial charge >= 0.3 is 5.63 Å². The first-order chi connectivity index (χ1) is 11.8. The molecule has 0 spiro atoms. The Kier molecular flexibility index (Phi) is 3.84. The van der Waals surface area contributed by atoms with Crippen LogP contribution in [0.15, 0.2) is 75.0 Å². The molecule has 7 heteroatoms. The van der Waals surface area contributed by atoms with Gasteiger partial charge in [-0.2, -0.15) is 4.68 Å². The lowest BCUT2D eigenvalue weighted by atomic mass is 10.2.